The molecular formula is C10H22N2O. The molecule has 0 spiro atoms. The molecule has 3 N–H and O–H groups in total. The summed E-state index contributed by atoms with van der Waals surface area (Å²) in [5, 5.41) is 0. The lowest BCUT2D eigenvalue weighted by Crippen LogP contribution is -2.44. The maximum Gasteiger partial charge on any atom is 0.0744 e. The molecule has 0 aromatic carbocycles. The van der Waals surface area contributed by atoms with Gasteiger partial charge in [-0.05, 0) is 19.8 Å². The van der Waals surface area contributed by atoms with Crippen molar-refractivity contribution in [2.75, 3.05) is 6.61 Å². The summed E-state index contributed by atoms with van der Waals surface area (Å²) in [5.41, 5.74) is 2.78. The van der Waals surface area contributed by atoms with Crippen LogP contribution in [0.2, 0.25) is 0 Å². The monoisotopic (exact) mass is 186 g/mol. The van der Waals surface area contributed by atoms with Crippen LogP contribution in [0.5, 0.6) is 0 Å². The first kappa shape index (κ1) is 12.6. The highest BCUT2D eigenvalue weighted by atomic mass is 16.5. The molecule has 78 valence electrons. The van der Waals surface area contributed by atoms with Gasteiger partial charge in [-0.15, -0.1) is 6.58 Å². The molecule has 3 heteroatoms. The smallest absolute Gasteiger partial charge is 0.0744 e. The zero-order chi connectivity index (χ0) is 10.1. The van der Waals surface area contributed by atoms with Gasteiger partial charge in [0.2, 0.25) is 0 Å². The first-order valence-corrected chi connectivity index (χ1v) is 4.98. The van der Waals surface area contributed by atoms with Crippen molar-refractivity contribution in [3.8, 4) is 0 Å². The normalized spacial score (nSPS) is 15.3. The van der Waals surface area contributed by atoms with Crippen molar-refractivity contribution in [1.82, 2.24) is 5.43 Å². The number of hydrogen-bond acceptors (Lipinski definition) is 3. The van der Waals surface area contributed by atoms with Gasteiger partial charge in [0.15, 0.2) is 0 Å². The van der Waals surface area contributed by atoms with Crippen LogP contribution in [-0.4, -0.2) is 18.8 Å². The Labute approximate surface area is 81.3 Å². The van der Waals surface area contributed by atoms with E-state index in [0.717, 1.165) is 25.9 Å². The third-order valence-electron chi connectivity index (χ3n) is 2.04. The zero-order valence-corrected chi connectivity index (χ0v) is 8.75. The lowest BCUT2D eigenvalue weighted by Gasteiger charge is -2.25. The molecule has 3 nitrogen and oxygen atoms in total. The highest BCUT2D eigenvalue weighted by Crippen LogP contribution is 2.10. The van der Waals surface area contributed by atoms with E-state index in [1.54, 1.807) is 0 Å². The van der Waals surface area contributed by atoms with E-state index in [4.69, 9.17) is 10.6 Å². The Morgan fingerprint density at radius 2 is 2.23 bits per heavy atom. The van der Waals surface area contributed by atoms with E-state index in [-0.39, 0.29) is 12.1 Å². The number of nitrogens with one attached hydrogen (secondary N) is 1. The van der Waals surface area contributed by atoms with Crippen LogP contribution in [0.25, 0.3) is 0 Å². The number of nitrogens with two attached hydrogens (primary N) is 1. The van der Waals surface area contributed by atoms with Crippen molar-refractivity contribution in [2.45, 2.75) is 45.3 Å². The van der Waals surface area contributed by atoms with Gasteiger partial charge in [0.1, 0.15) is 0 Å². The molecule has 0 amide bonds. The molecule has 0 saturated heterocycles. The predicted octanol–water partition coefficient (Wildman–Crippen LogP) is 1.60. The van der Waals surface area contributed by atoms with Crippen LogP contribution in [0.15, 0.2) is 12.7 Å². The van der Waals surface area contributed by atoms with E-state index in [0.29, 0.717) is 0 Å². The predicted molar refractivity (Wildman–Crippen MR) is 56.2 cm³/mol. The molecule has 0 aromatic rings. The molecule has 2 atom stereocenters. The molecule has 0 heterocycles. The minimum atomic E-state index is 0.192. The van der Waals surface area contributed by atoms with Gasteiger partial charge in [-0.3, -0.25) is 11.3 Å². The van der Waals surface area contributed by atoms with Gasteiger partial charge in [-0.25, -0.2) is 0 Å². The van der Waals surface area contributed by atoms with Gasteiger partial charge in [0.25, 0.3) is 0 Å². The second kappa shape index (κ2) is 8.23. The Morgan fingerprint density at radius 3 is 2.62 bits per heavy atom. The SMILES string of the molecule is C=CCC(NN)C(CCC)OCC. The third kappa shape index (κ3) is 5.03. The Hall–Kier alpha value is -0.380. The summed E-state index contributed by atoms with van der Waals surface area (Å²) >= 11 is 0. The lowest BCUT2D eigenvalue weighted by atomic mass is 10.0. The maximum absolute atomic E-state index is 5.60. The summed E-state index contributed by atoms with van der Waals surface area (Å²) in [6.45, 7) is 8.59. The Kier molecular flexibility index (Phi) is 7.99. The summed E-state index contributed by atoms with van der Waals surface area (Å²) in [5.74, 6) is 5.44. The minimum Gasteiger partial charge on any atom is -0.377 e. The Bertz CT molecular complexity index is 122. The van der Waals surface area contributed by atoms with Gasteiger partial charge in [0.05, 0.1) is 12.1 Å². The fourth-order valence-electron chi connectivity index (χ4n) is 1.41. The van der Waals surface area contributed by atoms with Crippen molar-refractivity contribution in [3.05, 3.63) is 12.7 Å². The van der Waals surface area contributed by atoms with Crippen LogP contribution in [-0.2, 0) is 4.74 Å². The average molecular weight is 186 g/mol. The van der Waals surface area contributed by atoms with E-state index >= 15 is 0 Å². The first-order valence-electron chi connectivity index (χ1n) is 4.98. The average Bonchev–Trinajstić information content (AvgIpc) is 2.14. The molecule has 0 rings (SSSR count). The quantitative estimate of drug-likeness (QED) is 0.344. The van der Waals surface area contributed by atoms with Crippen LogP contribution in [0.1, 0.15) is 33.1 Å². The number of ether oxygens (including phenoxy) is 1. The third-order valence-corrected chi connectivity index (χ3v) is 2.04. The minimum absolute atomic E-state index is 0.192. The van der Waals surface area contributed by atoms with Gasteiger partial charge in [-0.2, -0.15) is 0 Å². The molecule has 13 heavy (non-hydrogen) atoms. The van der Waals surface area contributed by atoms with E-state index in [9.17, 15) is 0 Å². The molecule has 0 saturated carbocycles. The van der Waals surface area contributed by atoms with Crippen molar-refractivity contribution in [2.24, 2.45) is 5.84 Å². The molecule has 0 aliphatic carbocycles. The molecule has 2 unspecified atom stereocenters. The van der Waals surface area contributed by atoms with E-state index in [1.807, 2.05) is 13.0 Å². The standard InChI is InChI=1S/C10H22N2O/c1-4-7-9(12-11)10(8-5-2)13-6-3/h4,9-10,12H,1,5-8,11H2,2-3H3. The van der Waals surface area contributed by atoms with Crippen LogP contribution in [0.3, 0.4) is 0 Å². The largest absolute Gasteiger partial charge is 0.377 e. The molecule has 0 fully saturated rings. The molecule has 0 aliphatic rings. The zero-order valence-electron chi connectivity index (χ0n) is 8.75. The maximum atomic E-state index is 5.60. The van der Waals surface area contributed by atoms with Crippen molar-refractivity contribution >= 4 is 0 Å². The summed E-state index contributed by atoms with van der Waals surface area (Å²) in [6.07, 6.45) is 5.07. The summed E-state index contributed by atoms with van der Waals surface area (Å²) in [6, 6.07) is 0.192. The number of hydrogen-bond donors (Lipinski definition) is 2. The van der Waals surface area contributed by atoms with Crippen molar-refractivity contribution in [1.29, 1.82) is 0 Å². The van der Waals surface area contributed by atoms with E-state index in [1.165, 1.54) is 0 Å². The Balaban J connectivity index is 4.02. The van der Waals surface area contributed by atoms with Gasteiger partial charge in [-0.1, -0.05) is 19.4 Å². The number of hydrazine groups is 1. The fraction of sp³-hybridized carbons (Fsp3) is 0.800. The second-order valence-electron chi connectivity index (χ2n) is 3.08. The summed E-state index contributed by atoms with van der Waals surface area (Å²) < 4.78 is 5.60. The summed E-state index contributed by atoms with van der Waals surface area (Å²) in [4.78, 5) is 0. The second-order valence-corrected chi connectivity index (χ2v) is 3.08. The van der Waals surface area contributed by atoms with Crippen LogP contribution >= 0.6 is 0 Å². The van der Waals surface area contributed by atoms with E-state index < -0.39 is 0 Å². The molecule has 0 aromatic heterocycles. The van der Waals surface area contributed by atoms with Crippen LogP contribution in [0.4, 0.5) is 0 Å². The fourth-order valence-corrected chi connectivity index (χ4v) is 1.41. The van der Waals surface area contributed by atoms with Crippen molar-refractivity contribution < 1.29 is 4.74 Å². The van der Waals surface area contributed by atoms with Crippen LogP contribution < -0.4 is 11.3 Å². The van der Waals surface area contributed by atoms with Gasteiger partial charge in [0, 0.05) is 6.61 Å². The van der Waals surface area contributed by atoms with Gasteiger partial charge < -0.3 is 4.74 Å². The summed E-state index contributed by atoms with van der Waals surface area (Å²) in [7, 11) is 0. The molecular weight excluding hydrogens is 164 g/mol. The highest BCUT2D eigenvalue weighted by Gasteiger charge is 2.18. The topological polar surface area (TPSA) is 47.3 Å². The van der Waals surface area contributed by atoms with Crippen LogP contribution in [0, 0.1) is 0 Å². The molecule has 0 aliphatic heterocycles. The van der Waals surface area contributed by atoms with Gasteiger partial charge >= 0.3 is 0 Å². The first-order chi connectivity index (χ1) is 6.29. The lowest BCUT2D eigenvalue weighted by molar-refractivity contribution is 0.0288. The van der Waals surface area contributed by atoms with Crippen molar-refractivity contribution in [3.63, 3.8) is 0 Å². The highest BCUT2D eigenvalue weighted by molar-refractivity contribution is 4.82. The molecule has 0 bridgehead atoms. The number of rotatable bonds is 8. The molecule has 0 radical (unpaired) electrons. The van der Waals surface area contributed by atoms with E-state index in [2.05, 4.69) is 18.9 Å². The Morgan fingerprint density at radius 1 is 1.54 bits per heavy atom.